The van der Waals surface area contributed by atoms with Crippen LogP contribution in [-0.2, 0) is 0 Å². The van der Waals surface area contributed by atoms with E-state index in [9.17, 15) is 0 Å². The highest BCUT2D eigenvalue weighted by Crippen LogP contribution is 2.48. The molecule has 8 fully saturated rings. The van der Waals surface area contributed by atoms with Crippen LogP contribution in [0.15, 0.2) is 24.3 Å². The second kappa shape index (κ2) is 27.3. The number of piperidine rings is 4. The lowest BCUT2D eigenvalue weighted by Gasteiger charge is -2.35. The fraction of sp³-hybridized carbons (Fsp3) is 0.706. The number of ether oxygens (including phenoxy) is 2. The largest absolute Gasteiger partial charge is 0.495 e. The molecule has 2 spiro atoms. The Balaban J connectivity index is 0.000000172. The Morgan fingerprint density at radius 3 is 1.24 bits per heavy atom. The van der Waals surface area contributed by atoms with Crippen molar-refractivity contribution in [1.29, 1.82) is 0 Å². The van der Waals surface area contributed by atoms with Gasteiger partial charge >= 0.3 is 0 Å². The molecule has 2 aliphatic carbocycles. The first-order valence-electron chi connectivity index (χ1n) is 32.8. The van der Waals surface area contributed by atoms with E-state index in [1.807, 2.05) is 0 Å². The maximum absolute atomic E-state index is 5.87. The molecule has 444 valence electrons. The van der Waals surface area contributed by atoms with Crippen LogP contribution in [0.4, 0.5) is 23.5 Å². The lowest BCUT2D eigenvalue weighted by molar-refractivity contribution is 0.177. The predicted octanol–water partition coefficient (Wildman–Crippen LogP) is 11.8. The van der Waals surface area contributed by atoms with E-state index in [1.54, 1.807) is 14.2 Å². The topological polar surface area (TPSA) is 114 Å². The number of fused-ring (bicyclic) bond motifs is 2. The number of nitrogens with one attached hydrogen (secondary N) is 2. The predicted molar refractivity (Wildman–Crippen MR) is 338 cm³/mol. The molecule has 0 bridgehead atoms. The molecule has 14 nitrogen and oxygen atoms in total. The Morgan fingerprint density at radius 1 is 0.488 bits per heavy atom. The van der Waals surface area contributed by atoms with E-state index in [0.717, 1.165) is 172 Å². The van der Waals surface area contributed by atoms with Crippen molar-refractivity contribution in [1.82, 2.24) is 39.5 Å². The summed E-state index contributed by atoms with van der Waals surface area (Å²) in [7, 11) is 3.49. The van der Waals surface area contributed by atoms with Crippen molar-refractivity contribution in [3.63, 3.8) is 0 Å². The van der Waals surface area contributed by atoms with Gasteiger partial charge in [-0.1, -0.05) is 62.2 Å². The maximum atomic E-state index is 5.87. The Morgan fingerprint density at radius 2 is 0.878 bits per heavy atom. The summed E-state index contributed by atoms with van der Waals surface area (Å²) >= 11 is 0. The molecule has 14 heteroatoms. The number of methoxy groups -OCH3 is 2. The molecule has 82 heavy (non-hydrogen) atoms. The van der Waals surface area contributed by atoms with Crippen molar-refractivity contribution in [2.75, 3.05) is 126 Å². The fourth-order valence-corrected chi connectivity index (χ4v) is 15.2. The van der Waals surface area contributed by atoms with Crippen LogP contribution in [-0.4, -0.2) is 170 Å². The van der Waals surface area contributed by atoms with Crippen LogP contribution in [0.3, 0.4) is 0 Å². The van der Waals surface area contributed by atoms with Gasteiger partial charge in [-0.3, -0.25) is 0 Å². The van der Waals surface area contributed by atoms with Crippen LogP contribution in [0.2, 0.25) is 0 Å². The van der Waals surface area contributed by atoms with Crippen molar-refractivity contribution in [3.8, 4) is 35.2 Å². The van der Waals surface area contributed by atoms with Crippen molar-refractivity contribution >= 4 is 45.3 Å². The van der Waals surface area contributed by atoms with Crippen LogP contribution >= 0.6 is 0 Å². The summed E-state index contributed by atoms with van der Waals surface area (Å²) in [5, 5.41) is 9.80. The molecule has 8 heterocycles. The molecule has 8 aliphatic rings. The van der Waals surface area contributed by atoms with E-state index >= 15 is 0 Å². The van der Waals surface area contributed by atoms with Gasteiger partial charge in [-0.15, -0.1) is 0 Å². The summed E-state index contributed by atoms with van der Waals surface area (Å²) in [5.41, 5.74) is 4.72. The van der Waals surface area contributed by atoms with Crippen molar-refractivity contribution in [3.05, 3.63) is 35.4 Å². The first-order chi connectivity index (χ1) is 40.0. The number of benzene rings is 2. The Hall–Kier alpha value is -5.12. The maximum Gasteiger partial charge on any atom is 0.227 e. The van der Waals surface area contributed by atoms with Gasteiger partial charge in [-0.25, -0.2) is 9.97 Å². The third kappa shape index (κ3) is 14.3. The monoisotopic (exact) mass is 1120 g/mol. The standard InChI is InChI=1S/2C34H50N6O/c2*1-26(2)39-20-12-28(13-21-39)35-32-29-24-31(41-3)27(11-5-10-19-38-17-8-4-9-18-38)23-30(29)36-33(37-32)40-22-16-34(25-40)14-6-7-15-34/h2*23-24,26,28H,4,6-10,12-22,25H2,1-3H3,(H,35,36,37). The van der Waals surface area contributed by atoms with E-state index in [1.165, 1.54) is 129 Å². The van der Waals surface area contributed by atoms with Crippen LogP contribution in [0.5, 0.6) is 11.5 Å². The van der Waals surface area contributed by atoms with Crippen molar-refractivity contribution in [2.45, 2.75) is 193 Å². The molecule has 2 aromatic carbocycles. The Labute approximate surface area is 493 Å². The molecule has 4 aromatic rings. The van der Waals surface area contributed by atoms with E-state index in [-0.39, 0.29) is 0 Å². The van der Waals surface area contributed by atoms with Gasteiger partial charge in [0.05, 0.1) is 36.4 Å². The average Bonchev–Trinajstić information content (AvgIpc) is 4.14. The quantitative estimate of drug-likeness (QED) is 0.117. The Kier molecular flexibility index (Phi) is 19.5. The number of hydrogen-bond acceptors (Lipinski definition) is 14. The van der Waals surface area contributed by atoms with E-state index in [0.29, 0.717) is 35.0 Å². The molecule has 6 saturated heterocycles. The summed E-state index contributed by atoms with van der Waals surface area (Å²) in [6.45, 7) is 24.9. The molecule has 12 rings (SSSR count). The normalized spacial score (nSPS) is 22.0. The van der Waals surface area contributed by atoms with E-state index in [4.69, 9.17) is 29.4 Å². The van der Waals surface area contributed by atoms with Gasteiger partial charge in [0.15, 0.2) is 0 Å². The molecular formula is C68H100N12O2. The Bertz CT molecular complexity index is 2690. The zero-order chi connectivity index (χ0) is 56.5. The fourth-order valence-electron chi connectivity index (χ4n) is 15.2. The highest BCUT2D eigenvalue weighted by Gasteiger charge is 2.43. The van der Waals surface area contributed by atoms with Gasteiger partial charge in [0, 0.05) is 113 Å². The van der Waals surface area contributed by atoms with E-state index in [2.05, 4.69) is 116 Å². The van der Waals surface area contributed by atoms with Crippen LogP contribution in [0.1, 0.15) is 180 Å². The smallest absolute Gasteiger partial charge is 0.227 e. The minimum absolute atomic E-state index is 0.413. The second-order valence-corrected chi connectivity index (χ2v) is 26.6. The highest BCUT2D eigenvalue weighted by molar-refractivity contribution is 5.94. The summed E-state index contributed by atoms with van der Waals surface area (Å²) in [6.07, 6.45) is 27.7. The first-order valence-corrected chi connectivity index (χ1v) is 32.8. The SMILES string of the molecule is COc1cc2c(NC3CCN(C(C)C)CC3)nc(N3CCC4(CCCC4)C3)nc2cc1C#CCCN1CCCCC1.COc1cc2c(NC3CCN(C(C)C)CC3)nc(N3CCC4(CCCC4)C3)nc2cc1C#CCCN1CCCCC1. The zero-order valence-electron chi connectivity index (χ0n) is 51.4. The zero-order valence-corrected chi connectivity index (χ0v) is 51.4. The number of aromatic nitrogens is 4. The van der Waals surface area contributed by atoms with Crippen LogP contribution in [0.25, 0.3) is 21.8 Å². The number of anilines is 4. The van der Waals surface area contributed by atoms with Gasteiger partial charge in [-0.2, -0.15) is 9.97 Å². The van der Waals surface area contributed by atoms with E-state index < -0.39 is 0 Å². The number of rotatable bonds is 14. The highest BCUT2D eigenvalue weighted by atomic mass is 16.5. The number of nitrogens with zero attached hydrogens (tertiary/aromatic N) is 10. The van der Waals surface area contributed by atoms with Gasteiger partial charge in [-0.05, 0) is 179 Å². The first kappa shape index (κ1) is 58.6. The lowest BCUT2D eigenvalue weighted by Crippen LogP contribution is -2.42. The molecular weight excluding hydrogens is 1020 g/mol. The summed E-state index contributed by atoms with van der Waals surface area (Å²) in [4.78, 5) is 35.9. The summed E-state index contributed by atoms with van der Waals surface area (Å²) in [6, 6.07) is 10.5. The molecule has 0 unspecified atom stereocenters. The van der Waals surface area contributed by atoms with Gasteiger partial charge in [0.1, 0.15) is 23.1 Å². The summed E-state index contributed by atoms with van der Waals surface area (Å²) in [5.74, 6) is 19.0. The molecule has 0 radical (unpaired) electrons. The van der Waals surface area contributed by atoms with Crippen molar-refractivity contribution in [2.24, 2.45) is 10.8 Å². The van der Waals surface area contributed by atoms with Crippen LogP contribution in [0, 0.1) is 34.5 Å². The molecule has 2 aromatic heterocycles. The third-order valence-electron chi connectivity index (χ3n) is 20.4. The number of hydrogen-bond donors (Lipinski definition) is 2. The minimum atomic E-state index is 0.413. The van der Waals surface area contributed by atoms with Gasteiger partial charge in [0.2, 0.25) is 11.9 Å². The second-order valence-electron chi connectivity index (χ2n) is 26.6. The number of likely N-dealkylation sites (tertiary alicyclic amines) is 4. The lowest BCUT2D eigenvalue weighted by atomic mass is 9.86. The molecule has 6 aliphatic heterocycles. The van der Waals surface area contributed by atoms with Gasteiger partial charge in [0.25, 0.3) is 0 Å². The minimum Gasteiger partial charge on any atom is -0.495 e. The summed E-state index contributed by atoms with van der Waals surface area (Å²) < 4.78 is 11.7. The molecule has 2 N–H and O–H groups in total. The molecule has 0 amide bonds. The molecule has 2 saturated carbocycles. The average molecular weight is 1120 g/mol. The van der Waals surface area contributed by atoms with Crippen LogP contribution < -0.4 is 29.9 Å². The molecule has 0 atom stereocenters. The van der Waals surface area contributed by atoms with Gasteiger partial charge < -0.3 is 49.5 Å². The van der Waals surface area contributed by atoms with Crippen molar-refractivity contribution < 1.29 is 9.47 Å². The third-order valence-corrected chi connectivity index (χ3v) is 20.4.